The highest BCUT2D eigenvalue weighted by Crippen LogP contribution is 2.24. The maximum Gasteiger partial charge on any atom is 0.337 e. The van der Waals surface area contributed by atoms with E-state index in [0.29, 0.717) is 18.8 Å². The lowest BCUT2D eigenvalue weighted by molar-refractivity contribution is -0.0441. The SMILES string of the molecule is COC1(C)CCCN(C(=O)c2ccc(C(=O)O)c(C)n2)C1. The van der Waals surface area contributed by atoms with Crippen LogP contribution in [0.2, 0.25) is 0 Å². The number of carboxylic acid groups (broad SMARTS) is 1. The molecule has 6 nitrogen and oxygen atoms in total. The van der Waals surface area contributed by atoms with Gasteiger partial charge in [-0.25, -0.2) is 9.78 Å². The first-order chi connectivity index (χ1) is 9.86. The van der Waals surface area contributed by atoms with Crippen molar-refractivity contribution in [2.45, 2.75) is 32.3 Å². The summed E-state index contributed by atoms with van der Waals surface area (Å²) in [6.07, 6.45) is 1.79. The summed E-state index contributed by atoms with van der Waals surface area (Å²) >= 11 is 0. The predicted molar refractivity (Wildman–Crippen MR) is 76.5 cm³/mol. The van der Waals surface area contributed by atoms with Crippen molar-refractivity contribution in [1.29, 1.82) is 0 Å². The van der Waals surface area contributed by atoms with Crippen LogP contribution in [0.1, 0.15) is 46.3 Å². The van der Waals surface area contributed by atoms with E-state index in [-0.39, 0.29) is 22.8 Å². The molecule has 0 spiro atoms. The van der Waals surface area contributed by atoms with Crippen LogP contribution >= 0.6 is 0 Å². The maximum absolute atomic E-state index is 12.5. The van der Waals surface area contributed by atoms with Crippen molar-refractivity contribution in [3.8, 4) is 0 Å². The monoisotopic (exact) mass is 292 g/mol. The van der Waals surface area contributed by atoms with Gasteiger partial charge in [0, 0.05) is 20.2 Å². The highest BCUT2D eigenvalue weighted by atomic mass is 16.5. The topological polar surface area (TPSA) is 79.7 Å². The molecule has 2 rings (SSSR count). The van der Waals surface area contributed by atoms with Crippen molar-refractivity contribution in [2.75, 3.05) is 20.2 Å². The molecule has 1 saturated heterocycles. The first kappa shape index (κ1) is 15.4. The highest BCUT2D eigenvalue weighted by molar-refractivity contribution is 5.94. The molecular formula is C15H20N2O4. The molecule has 21 heavy (non-hydrogen) atoms. The zero-order valence-electron chi connectivity index (χ0n) is 12.5. The predicted octanol–water partition coefficient (Wildman–Crippen LogP) is 1.73. The standard InChI is InChI=1S/C15H20N2O4/c1-10-11(14(19)20)5-6-12(16-10)13(18)17-8-4-7-15(2,9-17)21-3/h5-6H,4,7-9H2,1-3H3,(H,19,20). The Morgan fingerprint density at radius 2 is 2.14 bits per heavy atom. The van der Waals surface area contributed by atoms with Crippen LogP contribution in [0.5, 0.6) is 0 Å². The average molecular weight is 292 g/mol. The zero-order chi connectivity index (χ0) is 15.6. The van der Waals surface area contributed by atoms with Crippen LogP contribution in [0.3, 0.4) is 0 Å². The lowest BCUT2D eigenvalue weighted by atomic mass is 9.94. The van der Waals surface area contributed by atoms with Gasteiger partial charge in [0.25, 0.3) is 5.91 Å². The molecule has 1 amide bonds. The largest absolute Gasteiger partial charge is 0.478 e. The van der Waals surface area contributed by atoms with Gasteiger partial charge in [0.05, 0.1) is 16.9 Å². The molecule has 1 N–H and O–H groups in total. The Morgan fingerprint density at radius 3 is 2.71 bits per heavy atom. The van der Waals surface area contributed by atoms with Crippen LogP contribution in [-0.4, -0.2) is 52.7 Å². The minimum atomic E-state index is -1.04. The van der Waals surface area contributed by atoms with E-state index in [1.807, 2.05) is 6.92 Å². The number of nitrogens with zero attached hydrogens (tertiary/aromatic N) is 2. The van der Waals surface area contributed by atoms with Gasteiger partial charge in [-0.3, -0.25) is 4.79 Å². The van der Waals surface area contributed by atoms with Crippen LogP contribution in [0.4, 0.5) is 0 Å². The Bertz CT molecular complexity index is 573. The molecule has 0 bridgehead atoms. The number of hydrogen-bond acceptors (Lipinski definition) is 4. The summed E-state index contributed by atoms with van der Waals surface area (Å²) in [4.78, 5) is 29.3. The van der Waals surface area contributed by atoms with E-state index in [9.17, 15) is 9.59 Å². The van der Waals surface area contributed by atoms with Crippen molar-refractivity contribution in [2.24, 2.45) is 0 Å². The van der Waals surface area contributed by atoms with Crippen molar-refractivity contribution >= 4 is 11.9 Å². The molecule has 6 heteroatoms. The van der Waals surface area contributed by atoms with Gasteiger partial charge in [0.2, 0.25) is 0 Å². The molecule has 1 aromatic rings. The van der Waals surface area contributed by atoms with Gasteiger partial charge in [0.15, 0.2) is 0 Å². The fraction of sp³-hybridized carbons (Fsp3) is 0.533. The minimum absolute atomic E-state index is 0.118. The number of rotatable bonds is 3. The van der Waals surface area contributed by atoms with Gasteiger partial charge < -0.3 is 14.7 Å². The number of ether oxygens (including phenoxy) is 1. The molecule has 0 saturated carbocycles. The average Bonchev–Trinajstić information content (AvgIpc) is 2.46. The summed E-state index contributed by atoms with van der Waals surface area (Å²) in [5, 5.41) is 8.99. The van der Waals surface area contributed by atoms with Gasteiger partial charge in [-0.05, 0) is 38.8 Å². The number of carboxylic acids is 1. The second kappa shape index (κ2) is 5.81. The second-order valence-electron chi connectivity index (χ2n) is 5.62. The quantitative estimate of drug-likeness (QED) is 0.917. The Hall–Kier alpha value is -1.95. The fourth-order valence-electron chi connectivity index (χ4n) is 2.61. The summed E-state index contributed by atoms with van der Waals surface area (Å²) in [5.41, 5.74) is 0.411. The maximum atomic E-state index is 12.5. The number of pyridine rings is 1. The summed E-state index contributed by atoms with van der Waals surface area (Å²) in [5.74, 6) is -1.22. The lowest BCUT2D eigenvalue weighted by Crippen LogP contribution is -2.49. The van der Waals surface area contributed by atoms with Crippen LogP contribution in [0, 0.1) is 6.92 Å². The Morgan fingerprint density at radius 1 is 1.43 bits per heavy atom. The smallest absolute Gasteiger partial charge is 0.337 e. The molecule has 114 valence electrons. The molecule has 0 aromatic carbocycles. The molecule has 0 radical (unpaired) electrons. The van der Waals surface area contributed by atoms with Crippen LogP contribution in [0.25, 0.3) is 0 Å². The van der Waals surface area contributed by atoms with Crippen LogP contribution in [0.15, 0.2) is 12.1 Å². The van der Waals surface area contributed by atoms with Gasteiger partial charge in [-0.2, -0.15) is 0 Å². The van der Waals surface area contributed by atoms with Gasteiger partial charge in [0.1, 0.15) is 5.69 Å². The normalized spacial score (nSPS) is 22.1. The number of aromatic nitrogens is 1. The number of methoxy groups -OCH3 is 1. The molecule has 1 unspecified atom stereocenters. The van der Waals surface area contributed by atoms with Gasteiger partial charge >= 0.3 is 5.97 Å². The summed E-state index contributed by atoms with van der Waals surface area (Å²) in [6, 6.07) is 2.90. The third-order valence-corrected chi connectivity index (χ3v) is 3.97. The lowest BCUT2D eigenvalue weighted by Gasteiger charge is -2.39. The number of aryl methyl sites for hydroxylation is 1. The number of likely N-dealkylation sites (tertiary alicyclic amines) is 1. The first-order valence-electron chi connectivity index (χ1n) is 6.92. The number of amides is 1. The zero-order valence-corrected chi connectivity index (χ0v) is 12.5. The van der Waals surface area contributed by atoms with Crippen LogP contribution in [-0.2, 0) is 4.74 Å². The molecule has 1 aliphatic heterocycles. The van der Waals surface area contributed by atoms with E-state index < -0.39 is 5.97 Å². The summed E-state index contributed by atoms with van der Waals surface area (Å²) in [6.45, 7) is 4.76. The van der Waals surface area contributed by atoms with Gasteiger partial charge in [-0.15, -0.1) is 0 Å². The number of piperidine rings is 1. The highest BCUT2D eigenvalue weighted by Gasteiger charge is 2.33. The number of carbonyl (C=O) groups is 2. The molecular weight excluding hydrogens is 272 g/mol. The molecule has 0 aliphatic carbocycles. The third kappa shape index (κ3) is 3.21. The fourth-order valence-corrected chi connectivity index (χ4v) is 2.61. The third-order valence-electron chi connectivity index (χ3n) is 3.97. The molecule has 1 fully saturated rings. The first-order valence-corrected chi connectivity index (χ1v) is 6.92. The molecule has 1 aliphatic rings. The van der Waals surface area contributed by atoms with Crippen molar-refractivity contribution in [1.82, 2.24) is 9.88 Å². The number of carbonyl (C=O) groups excluding carboxylic acids is 1. The van der Waals surface area contributed by atoms with E-state index in [1.54, 1.807) is 18.9 Å². The number of hydrogen-bond donors (Lipinski definition) is 1. The molecule has 1 aromatic heterocycles. The summed E-state index contributed by atoms with van der Waals surface area (Å²) < 4.78 is 5.48. The van der Waals surface area contributed by atoms with E-state index in [2.05, 4.69) is 4.98 Å². The van der Waals surface area contributed by atoms with Gasteiger partial charge in [-0.1, -0.05) is 0 Å². The van der Waals surface area contributed by atoms with Crippen molar-refractivity contribution in [3.05, 3.63) is 29.1 Å². The summed E-state index contributed by atoms with van der Waals surface area (Å²) in [7, 11) is 1.65. The number of aromatic carboxylic acids is 1. The van der Waals surface area contributed by atoms with Crippen LogP contribution < -0.4 is 0 Å². The van der Waals surface area contributed by atoms with Crippen molar-refractivity contribution in [3.63, 3.8) is 0 Å². The van der Waals surface area contributed by atoms with E-state index in [1.165, 1.54) is 12.1 Å². The Balaban J connectivity index is 2.20. The molecule has 2 heterocycles. The molecule has 1 atom stereocenters. The minimum Gasteiger partial charge on any atom is -0.478 e. The van der Waals surface area contributed by atoms with E-state index in [0.717, 1.165) is 12.8 Å². The second-order valence-corrected chi connectivity index (χ2v) is 5.62. The Labute approximate surface area is 123 Å². The van der Waals surface area contributed by atoms with E-state index >= 15 is 0 Å². The Kier molecular flexibility index (Phi) is 4.27. The van der Waals surface area contributed by atoms with Crippen molar-refractivity contribution < 1.29 is 19.4 Å². The van der Waals surface area contributed by atoms with E-state index in [4.69, 9.17) is 9.84 Å².